The molecule has 2 atom stereocenters. The number of nitrogens with one attached hydrogen (secondary N) is 2. The van der Waals surface area contributed by atoms with Gasteiger partial charge in [0.15, 0.2) is 0 Å². The van der Waals surface area contributed by atoms with Crippen LogP contribution in [0.5, 0.6) is 0 Å². The number of amides is 1. The zero-order valence-electron chi connectivity index (χ0n) is 14.4. The number of esters is 1. The molecule has 1 aromatic heterocycles. The number of hydrogen-bond acceptors (Lipinski definition) is 5. The van der Waals surface area contributed by atoms with Crippen molar-refractivity contribution in [2.75, 3.05) is 7.11 Å². The summed E-state index contributed by atoms with van der Waals surface area (Å²) >= 11 is 0. The van der Waals surface area contributed by atoms with Crippen molar-refractivity contribution in [1.82, 2.24) is 15.3 Å². The summed E-state index contributed by atoms with van der Waals surface area (Å²) in [5.74, 6) is -0.894. The Morgan fingerprint density at radius 2 is 1.96 bits per heavy atom. The normalized spacial score (nSPS) is 12.1. The van der Waals surface area contributed by atoms with Crippen LogP contribution in [0.1, 0.15) is 17.7 Å². The first kappa shape index (κ1) is 24.3. The molecule has 1 heterocycles. The summed E-state index contributed by atoms with van der Waals surface area (Å²) in [6, 6.07) is 8.30. The van der Waals surface area contributed by atoms with Gasteiger partial charge in [-0.05, 0) is 18.4 Å². The highest BCUT2D eigenvalue weighted by Gasteiger charge is 2.25. The van der Waals surface area contributed by atoms with E-state index in [1.54, 1.807) is 6.20 Å². The molecule has 1 amide bonds. The van der Waals surface area contributed by atoms with Crippen LogP contribution < -0.4 is 11.1 Å². The zero-order chi connectivity index (χ0) is 17.4. The molecule has 0 fully saturated rings. The van der Waals surface area contributed by atoms with Gasteiger partial charge >= 0.3 is 5.97 Å². The van der Waals surface area contributed by atoms with E-state index in [2.05, 4.69) is 15.3 Å². The summed E-state index contributed by atoms with van der Waals surface area (Å²) < 4.78 is 4.74. The molecule has 1 aromatic carbocycles. The van der Waals surface area contributed by atoms with Crippen LogP contribution in [-0.4, -0.2) is 41.0 Å². The summed E-state index contributed by atoms with van der Waals surface area (Å²) in [4.78, 5) is 30.9. The van der Waals surface area contributed by atoms with Gasteiger partial charge in [0.2, 0.25) is 5.91 Å². The molecular formula is C17H24Br2N4O3. The molecule has 0 saturated heterocycles. The van der Waals surface area contributed by atoms with Crippen molar-refractivity contribution < 1.29 is 14.3 Å². The fourth-order valence-electron chi connectivity index (χ4n) is 2.33. The van der Waals surface area contributed by atoms with Crippen LogP contribution in [0.4, 0.5) is 0 Å². The van der Waals surface area contributed by atoms with E-state index in [0.29, 0.717) is 12.8 Å². The Morgan fingerprint density at radius 1 is 1.27 bits per heavy atom. The topological polar surface area (TPSA) is 110 Å². The molecule has 26 heavy (non-hydrogen) atoms. The van der Waals surface area contributed by atoms with Crippen molar-refractivity contribution in [2.45, 2.75) is 31.3 Å². The van der Waals surface area contributed by atoms with Crippen molar-refractivity contribution in [2.24, 2.45) is 5.73 Å². The maximum absolute atomic E-state index is 12.3. The van der Waals surface area contributed by atoms with Gasteiger partial charge in [-0.2, -0.15) is 0 Å². The second-order valence-electron chi connectivity index (χ2n) is 5.50. The number of aryl methyl sites for hydroxylation is 1. The molecule has 0 unspecified atom stereocenters. The Bertz CT molecular complexity index is 653. The number of methoxy groups -OCH3 is 1. The minimum atomic E-state index is -0.800. The fourth-order valence-corrected chi connectivity index (χ4v) is 2.33. The highest BCUT2D eigenvalue weighted by Crippen LogP contribution is 2.05. The Labute approximate surface area is 173 Å². The number of nitrogens with two attached hydrogens (primary N) is 1. The third-order valence-electron chi connectivity index (χ3n) is 3.70. The van der Waals surface area contributed by atoms with E-state index in [1.165, 1.54) is 13.4 Å². The minimum absolute atomic E-state index is 0. The minimum Gasteiger partial charge on any atom is -0.467 e. The number of benzene rings is 1. The molecule has 0 spiro atoms. The quantitative estimate of drug-likeness (QED) is 0.487. The summed E-state index contributed by atoms with van der Waals surface area (Å²) in [6.07, 6.45) is 4.56. The van der Waals surface area contributed by atoms with E-state index < -0.39 is 18.1 Å². The summed E-state index contributed by atoms with van der Waals surface area (Å²) in [5.41, 5.74) is 7.78. The molecule has 4 N–H and O–H groups in total. The lowest BCUT2D eigenvalue weighted by atomic mass is 10.0. The zero-order valence-corrected chi connectivity index (χ0v) is 17.8. The molecule has 9 heteroatoms. The molecule has 7 nitrogen and oxygen atoms in total. The number of rotatable bonds is 8. The number of aromatic amines is 1. The first-order valence-electron chi connectivity index (χ1n) is 7.75. The van der Waals surface area contributed by atoms with E-state index in [1.807, 2.05) is 30.3 Å². The van der Waals surface area contributed by atoms with Crippen molar-refractivity contribution in [3.63, 3.8) is 0 Å². The number of nitrogens with zero attached hydrogens (tertiary/aromatic N) is 1. The second-order valence-corrected chi connectivity index (χ2v) is 5.50. The number of carbonyl (C=O) groups excluding carboxylic acids is 2. The summed E-state index contributed by atoms with van der Waals surface area (Å²) in [5, 5.41) is 2.66. The molecule has 0 aliphatic rings. The van der Waals surface area contributed by atoms with Crippen LogP contribution in [0.25, 0.3) is 0 Å². The van der Waals surface area contributed by atoms with Crippen LogP contribution in [0.3, 0.4) is 0 Å². The van der Waals surface area contributed by atoms with Gasteiger partial charge in [0.25, 0.3) is 0 Å². The van der Waals surface area contributed by atoms with Crippen molar-refractivity contribution in [3.05, 3.63) is 54.1 Å². The van der Waals surface area contributed by atoms with E-state index in [-0.39, 0.29) is 46.3 Å². The lowest BCUT2D eigenvalue weighted by Crippen LogP contribution is -2.49. The SMILES string of the molecule is Br.Br.COC(=O)[C@H](Cc1cnc[nH]1)NC(=O)[C@@H](N)CCc1ccccc1. The maximum atomic E-state index is 12.3. The lowest BCUT2D eigenvalue weighted by molar-refractivity contribution is -0.145. The Kier molecular flexibility index (Phi) is 11.8. The van der Waals surface area contributed by atoms with Gasteiger partial charge < -0.3 is 20.8 Å². The third kappa shape index (κ3) is 7.67. The highest BCUT2D eigenvalue weighted by molar-refractivity contribution is 8.93. The largest absolute Gasteiger partial charge is 0.467 e. The number of hydrogen-bond donors (Lipinski definition) is 3. The van der Waals surface area contributed by atoms with E-state index in [9.17, 15) is 9.59 Å². The van der Waals surface area contributed by atoms with E-state index in [4.69, 9.17) is 10.5 Å². The number of carbonyl (C=O) groups is 2. The number of aromatic nitrogens is 2. The summed E-state index contributed by atoms with van der Waals surface area (Å²) in [6.45, 7) is 0. The van der Waals surface area contributed by atoms with Crippen molar-refractivity contribution in [1.29, 1.82) is 0 Å². The van der Waals surface area contributed by atoms with Crippen LogP contribution >= 0.6 is 34.0 Å². The van der Waals surface area contributed by atoms with Crippen molar-refractivity contribution in [3.8, 4) is 0 Å². The Morgan fingerprint density at radius 3 is 2.54 bits per heavy atom. The number of imidazole rings is 1. The van der Waals surface area contributed by atoms with Crippen LogP contribution in [0, 0.1) is 0 Å². The Hall–Kier alpha value is -1.71. The van der Waals surface area contributed by atoms with Crippen LogP contribution in [0.15, 0.2) is 42.9 Å². The summed E-state index contributed by atoms with van der Waals surface area (Å²) in [7, 11) is 1.28. The molecule has 0 bridgehead atoms. The van der Waals surface area contributed by atoms with Gasteiger partial charge in [-0.15, -0.1) is 34.0 Å². The molecule has 2 rings (SSSR count). The van der Waals surface area contributed by atoms with Gasteiger partial charge in [-0.25, -0.2) is 9.78 Å². The van der Waals surface area contributed by atoms with Gasteiger partial charge in [-0.1, -0.05) is 30.3 Å². The van der Waals surface area contributed by atoms with Gasteiger partial charge in [-0.3, -0.25) is 4.79 Å². The van der Waals surface area contributed by atoms with Gasteiger partial charge in [0, 0.05) is 18.3 Å². The smallest absolute Gasteiger partial charge is 0.328 e. The first-order valence-corrected chi connectivity index (χ1v) is 7.75. The van der Waals surface area contributed by atoms with Crippen LogP contribution in [0.2, 0.25) is 0 Å². The molecule has 0 radical (unpaired) electrons. The molecule has 0 aliphatic heterocycles. The molecule has 0 aliphatic carbocycles. The average molecular weight is 492 g/mol. The predicted molar refractivity (Wildman–Crippen MR) is 110 cm³/mol. The van der Waals surface area contributed by atoms with Gasteiger partial charge in [0.05, 0.1) is 19.5 Å². The first-order chi connectivity index (χ1) is 11.6. The molecule has 2 aromatic rings. The van der Waals surface area contributed by atoms with Crippen molar-refractivity contribution >= 4 is 45.8 Å². The highest BCUT2D eigenvalue weighted by atomic mass is 79.9. The van der Waals surface area contributed by atoms with E-state index >= 15 is 0 Å². The predicted octanol–water partition coefficient (Wildman–Crippen LogP) is 1.73. The molecular weight excluding hydrogens is 468 g/mol. The van der Waals surface area contributed by atoms with Crippen LogP contribution in [-0.2, 0) is 27.2 Å². The Balaban J connectivity index is 0.00000312. The average Bonchev–Trinajstić information content (AvgIpc) is 3.12. The molecule has 144 valence electrons. The number of H-pyrrole nitrogens is 1. The maximum Gasteiger partial charge on any atom is 0.328 e. The lowest BCUT2D eigenvalue weighted by Gasteiger charge is -2.18. The number of halogens is 2. The monoisotopic (exact) mass is 490 g/mol. The fraction of sp³-hybridized carbons (Fsp3) is 0.353. The standard InChI is InChI=1S/C17H22N4O3.2BrH/c1-24-17(23)15(9-13-10-19-11-20-13)21-16(22)14(18)8-7-12-5-3-2-4-6-12;;/h2-6,10-11,14-15H,7-9,18H2,1H3,(H,19,20)(H,21,22);2*1H/t14-,15-;;/m0../s1. The molecule has 0 saturated carbocycles. The number of ether oxygens (including phenoxy) is 1. The van der Waals surface area contributed by atoms with E-state index in [0.717, 1.165) is 11.3 Å². The second kappa shape index (κ2) is 12.6. The third-order valence-corrected chi connectivity index (χ3v) is 3.70. The van der Waals surface area contributed by atoms with Gasteiger partial charge in [0.1, 0.15) is 6.04 Å².